The van der Waals surface area contributed by atoms with E-state index in [1.807, 2.05) is 0 Å². The molecule has 1 aromatic rings. The fourth-order valence-corrected chi connectivity index (χ4v) is 1.66. The first-order valence-corrected chi connectivity index (χ1v) is 4.86. The zero-order valence-electron chi connectivity index (χ0n) is 7.98. The van der Waals surface area contributed by atoms with Gasteiger partial charge in [-0.25, -0.2) is 0 Å². The van der Waals surface area contributed by atoms with Gasteiger partial charge < -0.3 is 15.1 Å². The lowest BCUT2D eigenvalue weighted by Gasteiger charge is -2.29. The third kappa shape index (κ3) is 2.59. The van der Waals surface area contributed by atoms with Crippen LogP contribution in [0.5, 0.6) is 0 Å². The number of carbonyl (C=O) groups is 1. The third-order valence-corrected chi connectivity index (χ3v) is 2.56. The topological polar surface area (TPSA) is 59.5 Å². The van der Waals surface area contributed by atoms with Crippen molar-refractivity contribution in [3.05, 3.63) is 24.2 Å². The highest BCUT2D eigenvalue weighted by Crippen LogP contribution is 2.12. The Balaban J connectivity index is 0.00000112. The highest BCUT2D eigenvalue weighted by atomic mass is 16.3. The molecule has 1 aliphatic heterocycles. The van der Waals surface area contributed by atoms with Crippen LogP contribution in [-0.4, -0.2) is 29.9 Å². The average Bonchev–Trinajstić information content (AvgIpc) is 2.71. The number of likely N-dealkylation sites (tertiary alicyclic amines) is 1. The SMILES string of the molecule is C.NC1CCN(C(=O)c2ccco2)CC1. The molecule has 1 aliphatic rings. The predicted molar refractivity (Wildman–Crippen MR) is 58.6 cm³/mol. The van der Waals surface area contributed by atoms with Gasteiger partial charge in [0.15, 0.2) is 5.76 Å². The molecular weight excluding hydrogens is 192 g/mol. The van der Waals surface area contributed by atoms with Crippen molar-refractivity contribution in [3.63, 3.8) is 0 Å². The molecule has 1 aromatic heterocycles. The van der Waals surface area contributed by atoms with E-state index in [1.165, 1.54) is 6.26 Å². The molecular formula is C11H18N2O2. The van der Waals surface area contributed by atoms with Crippen molar-refractivity contribution in [1.29, 1.82) is 0 Å². The second-order valence-electron chi connectivity index (χ2n) is 3.61. The van der Waals surface area contributed by atoms with Gasteiger partial charge in [-0.1, -0.05) is 7.43 Å². The molecule has 4 nitrogen and oxygen atoms in total. The van der Waals surface area contributed by atoms with E-state index < -0.39 is 0 Å². The lowest BCUT2D eigenvalue weighted by atomic mass is 10.1. The molecule has 0 bridgehead atoms. The molecule has 4 heteroatoms. The zero-order valence-corrected chi connectivity index (χ0v) is 7.98. The largest absolute Gasteiger partial charge is 0.459 e. The van der Waals surface area contributed by atoms with E-state index in [9.17, 15) is 4.79 Å². The first-order chi connectivity index (χ1) is 6.77. The molecule has 0 radical (unpaired) electrons. The zero-order chi connectivity index (χ0) is 9.97. The number of hydrogen-bond donors (Lipinski definition) is 1. The van der Waals surface area contributed by atoms with E-state index in [-0.39, 0.29) is 19.4 Å². The summed E-state index contributed by atoms with van der Waals surface area (Å²) in [5.74, 6) is 0.391. The molecule has 2 rings (SSSR count). The predicted octanol–water partition coefficient (Wildman–Crippen LogP) is 1.48. The fourth-order valence-electron chi connectivity index (χ4n) is 1.66. The average molecular weight is 210 g/mol. The Labute approximate surface area is 90.0 Å². The minimum atomic E-state index is -0.0260. The van der Waals surface area contributed by atoms with Gasteiger partial charge in [0.2, 0.25) is 0 Å². The van der Waals surface area contributed by atoms with Gasteiger partial charge in [0.1, 0.15) is 0 Å². The quantitative estimate of drug-likeness (QED) is 0.763. The molecule has 2 heterocycles. The Morgan fingerprint density at radius 2 is 2.13 bits per heavy atom. The lowest BCUT2D eigenvalue weighted by molar-refractivity contribution is 0.0682. The van der Waals surface area contributed by atoms with E-state index in [0.717, 1.165) is 25.9 Å². The number of rotatable bonds is 1. The van der Waals surface area contributed by atoms with Crippen LogP contribution in [-0.2, 0) is 0 Å². The Morgan fingerprint density at radius 3 is 2.67 bits per heavy atom. The van der Waals surface area contributed by atoms with Crippen LogP contribution in [0, 0.1) is 0 Å². The van der Waals surface area contributed by atoms with Crippen molar-refractivity contribution in [3.8, 4) is 0 Å². The van der Waals surface area contributed by atoms with Gasteiger partial charge in [-0.15, -0.1) is 0 Å². The minimum Gasteiger partial charge on any atom is -0.459 e. The molecule has 15 heavy (non-hydrogen) atoms. The second-order valence-corrected chi connectivity index (χ2v) is 3.61. The number of furan rings is 1. The summed E-state index contributed by atoms with van der Waals surface area (Å²) in [5.41, 5.74) is 5.75. The van der Waals surface area contributed by atoms with Crippen molar-refractivity contribution in [2.75, 3.05) is 13.1 Å². The molecule has 1 amide bonds. The molecule has 0 aliphatic carbocycles. The number of carbonyl (C=O) groups excluding carboxylic acids is 1. The van der Waals surface area contributed by atoms with Crippen LogP contribution in [0.25, 0.3) is 0 Å². The summed E-state index contributed by atoms with van der Waals surface area (Å²) in [6, 6.07) is 3.66. The normalized spacial score (nSPS) is 17.3. The standard InChI is InChI=1S/C10H14N2O2.CH4/c11-8-3-5-12(6-4-8)10(13)9-2-1-7-14-9;/h1-2,7-8H,3-6,11H2;1H4. The van der Waals surface area contributed by atoms with Gasteiger partial charge in [0.05, 0.1) is 6.26 Å². The van der Waals surface area contributed by atoms with E-state index in [2.05, 4.69) is 0 Å². The summed E-state index contributed by atoms with van der Waals surface area (Å²) in [7, 11) is 0. The van der Waals surface area contributed by atoms with Crippen molar-refractivity contribution in [2.45, 2.75) is 26.3 Å². The van der Waals surface area contributed by atoms with Gasteiger partial charge in [0.25, 0.3) is 5.91 Å². The van der Waals surface area contributed by atoms with E-state index in [4.69, 9.17) is 10.2 Å². The maximum Gasteiger partial charge on any atom is 0.289 e. The molecule has 0 saturated carbocycles. The number of amides is 1. The van der Waals surface area contributed by atoms with Crippen molar-refractivity contribution < 1.29 is 9.21 Å². The van der Waals surface area contributed by atoms with Crippen LogP contribution < -0.4 is 5.73 Å². The van der Waals surface area contributed by atoms with Crippen LogP contribution in [0.1, 0.15) is 30.8 Å². The third-order valence-electron chi connectivity index (χ3n) is 2.56. The van der Waals surface area contributed by atoms with Crippen molar-refractivity contribution in [1.82, 2.24) is 4.90 Å². The summed E-state index contributed by atoms with van der Waals surface area (Å²) in [5, 5.41) is 0. The van der Waals surface area contributed by atoms with Crippen LogP contribution >= 0.6 is 0 Å². The molecule has 0 spiro atoms. The Bertz CT molecular complexity index is 300. The second kappa shape index (κ2) is 4.98. The number of nitrogens with zero attached hydrogens (tertiary/aromatic N) is 1. The van der Waals surface area contributed by atoms with E-state index in [1.54, 1.807) is 17.0 Å². The molecule has 0 unspecified atom stereocenters. The maximum absolute atomic E-state index is 11.8. The lowest BCUT2D eigenvalue weighted by Crippen LogP contribution is -2.42. The first-order valence-electron chi connectivity index (χ1n) is 4.86. The van der Waals surface area contributed by atoms with Gasteiger partial charge in [-0.05, 0) is 25.0 Å². The Kier molecular flexibility index (Phi) is 3.91. The van der Waals surface area contributed by atoms with Crippen LogP contribution in [0.15, 0.2) is 22.8 Å². The van der Waals surface area contributed by atoms with Crippen LogP contribution in [0.4, 0.5) is 0 Å². The highest BCUT2D eigenvalue weighted by molar-refractivity contribution is 5.91. The summed E-state index contributed by atoms with van der Waals surface area (Å²) >= 11 is 0. The molecule has 84 valence electrons. The van der Waals surface area contributed by atoms with Gasteiger partial charge in [0, 0.05) is 19.1 Å². The molecule has 1 saturated heterocycles. The highest BCUT2D eigenvalue weighted by Gasteiger charge is 2.22. The van der Waals surface area contributed by atoms with Crippen LogP contribution in [0.2, 0.25) is 0 Å². The van der Waals surface area contributed by atoms with Gasteiger partial charge >= 0.3 is 0 Å². The summed E-state index contributed by atoms with van der Waals surface area (Å²) < 4.78 is 5.05. The molecule has 0 aromatic carbocycles. The monoisotopic (exact) mass is 210 g/mol. The smallest absolute Gasteiger partial charge is 0.289 e. The molecule has 2 N–H and O–H groups in total. The molecule has 0 atom stereocenters. The Hall–Kier alpha value is -1.29. The summed E-state index contributed by atoms with van der Waals surface area (Å²) in [6.07, 6.45) is 3.28. The summed E-state index contributed by atoms with van der Waals surface area (Å²) in [6.45, 7) is 1.47. The Morgan fingerprint density at radius 1 is 1.47 bits per heavy atom. The number of piperidine rings is 1. The molecule has 1 fully saturated rings. The minimum absolute atomic E-state index is 0. The van der Waals surface area contributed by atoms with Gasteiger partial charge in [-0.3, -0.25) is 4.79 Å². The van der Waals surface area contributed by atoms with E-state index in [0.29, 0.717) is 5.76 Å². The van der Waals surface area contributed by atoms with E-state index >= 15 is 0 Å². The fraction of sp³-hybridized carbons (Fsp3) is 0.545. The van der Waals surface area contributed by atoms with Crippen molar-refractivity contribution in [2.24, 2.45) is 5.73 Å². The summed E-state index contributed by atoms with van der Waals surface area (Å²) in [4.78, 5) is 13.6. The maximum atomic E-state index is 11.8. The number of hydrogen-bond acceptors (Lipinski definition) is 3. The first kappa shape index (κ1) is 11.8. The van der Waals surface area contributed by atoms with Crippen molar-refractivity contribution >= 4 is 5.91 Å². The number of nitrogens with two attached hydrogens (primary N) is 1. The van der Waals surface area contributed by atoms with Crippen LogP contribution in [0.3, 0.4) is 0 Å². The van der Waals surface area contributed by atoms with Gasteiger partial charge in [-0.2, -0.15) is 0 Å².